The molecule has 1 amide bonds. The maximum absolute atomic E-state index is 12.6. The van der Waals surface area contributed by atoms with Gasteiger partial charge in [-0.25, -0.2) is 0 Å². The monoisotopic (exact) mass is 302 g/mol. The fraction of sp³-hybridized carbons (Fsp3) is 0.235. The Balaban J connectivity index is 2.22. The summed E-state index contributed by atoms with van der Waals surface area (Å²) in [6.07, 6.45) is 0. The Morgan fingerprint density at radius 2 is 1.95 bits per heavy atom. The second-order valence-corrected chi connectivity index (χ2v) is 5.46. The van der Waals surface area contributed by atoms with Crippen molar-refractivity contribution in [2.24, 2.45) is 0 Å². The topological polar surface area (TPSA) is 32.3 Å². The van der Waals surface area contributed by atoms with Crippen LogP contribution in [-0.2, 0) is 6.54 Å². The van der Waals surface area contributed by atoms with Crippen molar-refractivity contribution in [2.45, 2.75) is 13.5 Å². The minimum absolute atomic E-state index is 0.0285. The number of nitrogens with one attached hydrogen (secondary N) is 1. The summed E-state index contributed by atoms with van der Waals surface area (Å²) in [5.41, 5.74) is 3.56. The van der Waals surface area contributed by atoms with Crippen LogP contribution in [0.1, 0.15) is 21.5 Å². The fourth-order valence-electron chi connectivity index (χ4n) is 2.21. The molecule has 0 atom stereocenters. The number of carbonyl (C=O) groups excluding carboxylic acids is 1. The van der Waals surface area contributed by atoms with Crippen molar-refractivity contribution in [3.05, 3.63) is 64.2 Å². The van der Waals surface area contributed by atoms with Crippen LogP contribution in [0, 0.1) is 6.92 Å². The molecule has 0 radical (unpaired) electrons. The van der Waals surface area contributed by atoms with E-state index in [0.29, 0.717) is 17.1 Å². The van der Waals surface area contributed by atoms with Gasteiger partial charge in [-0.3, -0.25) is 4.79 Å². The van der Waals surface area contributed by atoms with Crippen LogP contribution in [0.3, 0.4) is 0 Å². The number of benzene rings is 2. The minimum atomic E-state index is -0.0285. The molecule has 0 aliphatic carbocycles. The molecular weight excluding hydrogens is 284 g/mol. The van der Waals surface area contributed by atoms with E-state index in [9.17, 15) is 4.79 Å². The molecule has 0 fully saturated rings. The van der Waals surface area contributed by atoms with Gasteiger partial charge in [0.05, 0.1) is 5.56 Å². The van der Waals surface area contributed by atoms with Crippen LogP contribution in [0.4, 0.5) is 5.69 Å². The molecule has 0 bridgehead atoms. The first-order chi connectivity index (χ1) is 10.0. The first kappa shape index (κ1) is 15.4. The third kappa shape index (κ3) is 3.56. The number of hydrogen-bond donors (Lipinski definition) is 1. The van der Waals surface area contributed by atoms with Gasteiger partial charge in [-0.15, -0.1) is 0 Å². The van der Waals surface area contributed by atoms with Crippen LogP contribution in [0.15, 0.2) is 42.5 Å². The van der Waals surface area contributed by atoms with Crippen molar-refractivity contribution >= 4 is 23.2 Å². The summed E-state index contributed by atoms with van der Waals surface area (Å²) in [6, 6.07) is 13.3. The number of nitrogens with zero attached hydrogens (tertiary/aromatic N) is 1. The van der Waals surface area contributed by atoms with E-state index in [4.69, 9.17) is 11.6 Å². The Kier molecular flexibility index (Phi) is 4.86. The minimum Gasteiger partial charge on any atom is -0.387 e. The van der Waals surface area contributed by atoms with Crippen molar-refractivity contribution in [1.82, 2.24) is 4.90 Å². The summed E-state index contributed by atoms with van der Waals surface area (Å²) in [7, 11) is 3.60. The van der Waals surface area contributed by atoms with Crippen molar-refractivity contribution in [1.29, 1.82) is 0 Å². The van der Waals surface area contributed by atoms with Crippen LogP contribution in [0.5, 0.6) is 0 Å². The van der Waals surface area contributed by atoms with E-state index in [0.717, 1.165) is 16.8 Å². The highest BCUT2D eigenvalue weighted by Gasteiger charge is 2.16. The summed E-state index contributed by atoms with van der Waals surface area (Å²) in [5.74, 6) is -0.0285. The molecule has 0 saturated carbocycles. The Morgan fingerprint density at radius 1 is 1.24 bits per heavy atom. The molecule has 3 nitrogen and oxygen atoms in total. The quantitative estimate of drug-likeness (QED) is 0.927. The smallest absolute Gasteiger partial charge is 0.255 e. The molecule has 21 heavy (non-hydrogen) atoms. The number of carbonyl (C=O) groups is 1. The van der Waals surface area contributed by atoms with E-state index in [2.05, 4.69) is 5.32 Å². The van der Waals surface area contributed by atoms with Gasteiger partial charge in [0.15, 0.2) is 0 Å². The van der Waals surface area contributed by atoms with E-state index in [1.807, 2.05) is 56.4 Å². The summed E-state index contributed by atoms with van der Waals surface area (Å²) < 4.78 is 0. The molecule has 0 unspecified atom stereocenters. The number of hydrogen-bond acceptors (Lipinski definition) is 2. The maximum atomic E-state index is 12.6. The molecule has 1 N–H and O–H groups in total. The second-order valence-electron chi connectivity index (χ2n) is 5.05. The van der Waals surface area contributed by atoms with Gasteiger partial charge in [0.25, 0.3) is 5.91 Å². The Labute approximate surface area is 130 Å². The first-order valence-electron chi connectivity index (χ1n) is 6.80. The fourth-order valence-corrected chi connectivity index (χ4v) is 2.41. The van der Waals surface area contributed by atoms with Gasteiger partial charge in [-0.05, 0) is 36.2 Å². The van der Waals surface area contributed by atoms with E-state index < -0.39 is 0 Å². The first-order valence-corrected chi connectivity index (χ1v) is 7.18. The Morgan fingerprint density at radius 3 is 2.62 bits per heavy atom. The zero-order valence-corrected chi connectivity index (χ0v) is 13.2. The van der Waals surface area contributed by atoms with Crippen LogP contribution in [0.25, 0.3) is 0 Å². The molecule has 0 aliphatic rings. The van der Waals surface area contributed by atoms with E-state index in [-0.39, 0.29) is 5.91 Å². The van der Waals surface area contributed by atoms with Crippen LogP contribution in [0.2, 0.25) is 5.02 Å². The highest BCUT2D eigenvalue weighted by atomic mass is 35.5. The van der Waals surface area contributed by atoms with Crippen molar-refractivity contribution in [2.75, 3.05) is 19.4 Å². The third-order valence-corrected chi connectivity index (χ3v) is 3.76. The summed E-state index contributed by atoms with van der Waals surface area (Å²) in [4.78, 5) is 14.3. The number of amides is 1. The molecular formula is C17H19ClN2O. The summed E-state index contributed by atoms with van der Waals surface area (Å²) in [6.45, 7) is 2.48. The normalized spacial score (nSPS) is 10.3. The lowest BCUT2D eigenvalue weighted by molar-refractivity contribution is 0.0786. The zero-order chi connectivity index (χ0) is 15.4. The van der Waals surface area contributed by atoms with E-state index >= 15 is 0 Å². The van der Waals surface area contributed by atoms with Gasteiger partial charge in [-0.2, -0.15) is 0 Å². The van der Waals surface area contributed by atoms with Gasteiger partial charge in [0, 0.05) is 31.4 Å². The SMILES string of the molecule is CNc1cc(C)ccc1C(=O)N(C)Cc1ccccc1Cl. The lowest BCUT2D eigenvalue weighted by atomic mass is 10.1. The van der Waals surface area contributed by atoms with Gasteiger partial charge in [-0.1, -0.05) is 35.9 Å². The van der Waals surface area contributed by atoms with Gasteiger partial charge >= 0.3 is 0 Å². The summed E-state index contributed by atoms with van der Waals surface area (Å²) in [5, 5.41) is 3.75. The van der Waals surface area contributed by atoms with Crippen LogP contribution >= 0.6 is 11.6 Å². The lowest BCUT2D eigenvalue weighted by Gasteiger charge is -2.20. The molecule has 0 saturated heterocycles. The van der Waals surface area contributed by atoms with Gasteiger partial charge < -0.3 is 10.2 Å². The van der Waals surface area contributed by atoms with E-state index in [1.54, 1.807) is 11.9 Å². The second kappa shape index (κ2) is 6.64. The van der Waals surface area contributed by atoms with E-state index in [1.165, 1.54) is 0 Å². The Bertz CT molecular complexity index is 655. The number of rotatable bonds is 4. The highest BCUT2D eigenvalue weighted by Crippen LogP contribution is 2.21. The average molecular weight is 303 g/mol. The molecule has 2 aromatic carbocycles. The largest absolute Gasteiger partial charge is 0.387 e. The van der Waals surface area contributed by atoms with Crippen molar-refractivity contribution in [3.8, 4) is 0 Å². The molecule has 2 rings (SSSR count). The predicted octanol–water partition coefficient (Wildman–Crippen LogP) is 3.96. The molecule has 0 heterocycles. The van der Waals surface area contributed by atoms with Crippen molar-refractivity contribution in [3.63, 3.8) is 0 Å². The molecule has 0 aliphatic heterocycles. The number of anilines is 1. The lowest BCUT2D eigenvalue weighted by Crippen LogP contribution is -2.27. The van der Waals surface area contributed by atoms with Crippen LogP contribution in [-0.4, -0.2) is 24.9 Å². The average Bonchev–Trinajstić information content (AvgIpc) is 2.48. The van der Waals surface area contributed by atoms with Crippen molar-refractivity contribution < 1.29 is 4.79 Å². The molecule has 0 aromatic heterocycles. The molecule has 2 aromatic rings. The standard InChI is InChI=1S/C17H19ClN2O/c1-12-8-9-14(16(10-12)19-2)17(21)20(3)11-13-6-4-5-7-15(13)18/h4-10,19H,11H2,1-3H3. The molecule has 0 spiro atoms. The zero-order valence-electron chi connectivity index (χ0n) is 12.5. The predicted molar refractivity (Wildman–Crippen MR) is 88.0 cm³/mol. The highest BCUT2D eigenvalue weighted by molar-refractivity contribution is 6.31. The van der Waals surface area contributed by atoms with Gasteiger partial charge in [0.2, 0.25) is 0 Å². The number of halogens is 1. The van der Waals surface area contributed by atoms with Gasteiger partial charge in [0.1, 0.15) is 0 Å². The van der Waals surface area contributed by atoms with Crippen LogP contribution < -0.4 is 5.32 Å². The Hall–Kier alpha value is -2.00. The molecule has 110 valence electrons. The third-order valence-electron chi connectivity index (χ3n) is 3.39. The summed E-state index contributed by atoms with van der Waals surface area (Å²) >= 11 is 6.15. The number of aryl methyl sites for hydroxylation is 1. The maximum Gasteiger partial charge on any atom is 0.255 e. The molecule has 4 heteroatoms.